The van der Waals surface area contributed by atoms with Crippen molar-refractivity contribution in [3.8, 4) is 11.4 Å². The molecule has 1 aromatic carbocycles. The van der Waals surface area contributed by atoms with Crippen molar-refractivity contribution in [3.05, 3.63) is 40.9 Å². The van der Waals surface area contributed by atoms with Crippen LogP contribution in [0.4, 0.5) is 5.13 Å². The average molecular weight is 345 g/mol. The van der Waals surface area contributed by atoms with Crippen molar-refractivity contribution < 1.29 is 4.79 Å². The van der Waals surface area contributed by atoms with Crippen molar-refractivity contribution >= 4 is 34.1 Å². The van der Waals surface area contributed by atoms with Crippen LogP contribution in [-0.2, 0) is 4.79 Å². The second kappa shape index (κ2) is 6.93. The summed E-state index contributed by atoms with van der Waals surface area (Å²) in [6, 6.07) is 9.73. The molecule has 2 heterocycles. The van der Waals surface area contributed by atoms with Crippen LogP contribution < -0.4 is 5.32 Å². The maximum atomic E-state index is 12.0. The summed E-state index contributed by atoms with van der Waals surface area (Å²) in [6.45, 7) is 3.91. The van der Waals surface area contributed by atoms with E-state index in [0.29, 0.717) is 16.1 Å². The normalized spacial score (nSPS) is 10.7. The number of thiazole rings is 1. The van der Waals surface area contributed by atoms with Crippen LogP contribution in [0.1, 0.15) is 10.6 Å². The van der Waals surface area contributed by atoms with Crippen LogP contribution in [0.5, 0.6) is 0 Å². The Hall–Kier alpha value is -2.19. The second-order valence-electron chi connectivity index (χ2n) is 4.83. The number of carbonyl (C=O) groups is 1. The fraction of sp³-hybridized carbons (Fsp3) is 0.200. The molecule has 1 amide bonds. The quantitative estimate of drug-likeness (QED) is 0.693. The highest BCUT2D eigenvalue weighted by Crippen LogP contribution is 2.22. The van der Waals surface area contributed by atoms with Crippen molar-refractivity contribution in [1.29, 1.82) is 0 Å². The smallest absolute Gasteiger partial charge is 0.236 e. The number of benzene rings is 1. The second-order valence-corrected chi connectivity index (χ2v) is 6.98. The summed E-state index contributed by atoms with van der Waals surface area (Å²) >= 11 is 2.76. The van der Waals surface area contributed by atoms with Crippen molar-refractivity contribution in [2.75, 3.05) is 11.1 Å². The lowest BCUT2D eigenvalue weighted by Gasteiger charge is -1.99. The molecule has 0 fully saturated rings. The lowest BCUT2D eigenvalue weighted by molar-refractivity contribution is -0.113. The highest BCUT2D eigenvalue weighted by atomic mass is 32.2. The molecule has 0 aliphatic heterocycles. The Kier molecular flexibility index (Phi) is 4.73. The number of hydrogen-bond acceptors (Lipinski definition) is 6. The van der Waals surface area contributed by atoms with Gasteiger partial charge < -0.3 is 5.32 Å². The van der Waals surface area contributed by atoms with Gasteiger partial charge in [-0.15, -0.1) is 16.4 Å². The Bertz CT molecular complexity index is 793. The minimum atomic E-state index is -0.116. The molecule has 0 bridgehead atoms. The summed E-state index contributed by atoms with van der Waals surface area (Å²) in [6.07, 6.45) is 0. The molecular formula is C15H15N5OS2. The van der Waals surface area contributed by atoms with E-state index in [1.54, 1.807) is 0 Å². The van der Waals surface area contributed by atoms with Gasteiger partial charge >= 0.3 is 0 Å². The Labute approximate surface area is 141 Å². The number of anilines is 1. The van der Waals surface area contributed by atoms with E-state index in [4.69, 9.17) is 0 Å². The average Bonchev–Trinajstić information content (AvgIpc) is 3.13. The largest absolute Gasteiger partial charge is 0.301 e. The highest BCUT2D eigenvalue weighted by molar-refractivity contribution is 7.99. The SMILES string of the molecule is Cc1nc(NC(=O)CSc2n[nH]c(-c3ccccc3)n2)sc1C. The molecule has 2 N–H and O–H groups in total. The molecule has 3 rings (SSSR count). The fourth-order valence-electron chi connectivity index (χ4n) is 1.85. The third-order valence-corrected chi connectivity index (χ3v) is 4.95. The maximum absolute atomic E-state index is 12.0. The maximum Gasteiger partial charge on any atom is 0.236 e. The Balaban J connectivity index is 1.56. The summed E-state index contributed by atoms with van der Waals surface area (Å²) in [5.74, 6) is 0.818. The number of amides is 1. The summed E-state index contributed by atoms with van der Waals surface area (Å²) in [7, 11) is 0. The first-order valence-corrected chi connectivity index (χ1v) is 8.76. The zero-order valence-electron chi connectivity index (χ0n) is 12.7. The van der Waals surface area contributed by atoms with Gasteiger partial charge in [0, 0.05) is 10.4 Å². The van der Waals surface area contributed by atoms with Crippen LogP contribution in [0.25, 0.3) is 11.4 Å². The van der Waals surface area contributed by atoms with Crippen LogP contribution in [0.15, 0.2) is 35.5 Å². The summed E-state index contributed by atoms with van der Waals surface area (Å²) < 4.78 is 0. The van der Waals surface area contributed by atoms with Gasteiger partial charge in [-0.05, 0) is 13.8 Å². The Morgan fingerprint density at radius 3 is 2.74 bits per heavy atom. The standard InChI is InChI=1S/C15H15N5OS2/c1-9-10(2)23-14(16-9)17-12(21)8-22-15-18-13(19-20-15)11-6-4-3-5-7-11/h3-7H,8H2,1-2H3,(H,16,17,21)(H,18,19,20). The lowest BCUT2D eigenvalue weighted by Crippen LogP contribution is -2.13. The van der Waals surface area contributed by atoms with Gasteiger partial charge in [-0.3, -0.25) is 9.89 Å². The number of aromatic amines is 1. The first kappa shape index (κ1) is 15.7. The van der Waals surface area contributed by atoms with E-state index in [0.717, 1.165) is 16.1 Å². The fourth-order valence-corrected chi connectivity index (χ4v) is 3.28. The van der Waals surface area contributed by atoms with Crippen LogP contribution >= 0.6 is 23.1 Å². The number of rotatable bonds is 5. The van der Waals surface area contributed by atoms with Crippen LogP contribution in [0.2, 0.25) is 0 Å². The number of thioether (sulfide) groups is 1. The van der Waals surface area contributed by atoms with E-state index in [1.165, 1.54) is 23.1 Å². The van der Waals surface area contributed by atoms with Gasteiger partial charge in [-0.1, -0.05) is 42.1 Å². The van der Waals surface area contributed by atoms with Gasteiger partial charge in [0.15, 0.2) is 11.0 Å². The van der Waals surface area contributed by atoms with Gasteiger partial charge in [-0.2, -0.15) is 0 Å². The third kappa shape index (κ3) is 3.96. The van der Waals surface area contributed by atoms with Crippen molar-refractivity contribution in [3.63, 3.8) is 0 Å². The molecule has 3 aromatic rings. The van der Waals surface area contributed by atoms with Crippen LogP contribution in [0, 0.1) is 13.8 Å². The summed E-state index contributed by atoms with van der Waals surface area (Å²) in [5.41, 5.74) is 1.91. The van der Waals surface area contributed by atoms with Gasteiger partial charge in [0.2, 0.25) is 11.1 Å². The number of H-pyrrole nitrogens is 1. The van der Waals surface area contributed by atoms with E-state index in [-0.39, 0.29) is 11.7 Å². The minimum Gasteiger partial charge on any atom is -0.301 e. The molecule has 0 saturated carbocycles. The molecule has 0 aliphatic rings. The molecule has 6 nitrogen and oxygen atoms in total. The monoisotopic (exact) mass is 345 g/mol. The van der Waals surface area contributed by atoms with Crippen molar-refractivity contribution in [2.24, 2.45) is 0 Å². The number of nitrogens with one attached hydrogen (secondary N) is 2. The summed E-state index contributed by atoms with van der Waals surface area (Å²) in [4.78, 5) is 21.7. The number of hydrogen-bond donors (Lipinski definition) is 2. The van der Waals surface area contributed by atoms with E-state index in [1.807, 2.05) is 44.2 Å². The zero-order chi connectivity index (χ0) is 16.2. The predicted molar refractivity (Wildman–Crippen MR) is 92.8 cm³/mol. The van der Waals surface area contributed by atoms with Gasteiger partial charge in [0.25, 0.3) is 0 Å². The molecule has 23 heavy (non-hydrogen) atoms. The molecule has 0 unspecified atom stereocenters. The van der Waals surface area contributed by atoms with E-state index in [9.17, 15) is 4.79 Å². The van der Waals surface area contributed by atoms with Crippen molar-refractivity contribution in [2.45, 2.75) is 19.0 Å². The van der Waals surface area contributed by atoms with Crippen LogP contribution in [0.3, 0.4) is 0 Å². The number of carbonyl (C=O) groups excluding carboxylic acids is 1. The molecule has 0 saturated heterocycles. The lowest BCUT2D eigenvalue weighted by atomic mass is 10.2. The molecule has 0 spiro atoms. The van der Waals surface area contributed by atoms with Crippen LogP contribution in [-0.4, -0.2) is 31.8 Å². The molecule has 0 radical (unpaired) electrons. The van der Waals surface area contributed by atoms with Gasteiger partial charge in [0.1, 0.15) is 0 Å². The zero-order valence-corrected chi connectivity index (χ0v) is 14.3. The number of aromatic nitrogens is 4. The summed E-state index contributed by atoms with van der Waals surface area (Å²) in [5, 5.41) is 11.0. The molecule has 8 heteroatoms. The van der Waals surface area contributed by atoms with Gasteiger partial charge in [0.05, 0.1) is 11.4 Å². The minimum absolute atomic E-state index is 0.116. The molecule has 0 aliphatic carbocycles. The first-order chi connectivity index (χ1) is 11.1. The molecule has 0 atom stereocenters. The first-order valence-electron chi connectivity index (χ1n) is 6.96. The third-order valence-electron chi connectivity index (χ3n) is 3.12. The van der Waals surface area contributed by atoms with E-state index >= 15 is 0 Å². The predicted octanol–water partition coefficient (Wildman–Crippen LogP) is 3.28. The highest BCUT2D eigenvalue weighted by Gasteiger charge is 2.11. The topological polar surface area (TPSA) is 83.6 Å². The van der Waals surface area contributed by atoms with E-state index in [2.05, 4.69) is 25.5 Å². The Morgan fingerprint density at radius 1 is 1.26 bits per heavy atom. The van der Waals surface area contributed by atoms with Crippen molar-refractivity contribution in [1.82, 2.24) is 20.2 Å². The molecule has 2 aromatic heterocycles. The number of nitrogens with zero attached hydrogens (tertiary/aromatic N) is 3. The Morgan fingerprint density at radius 2 is 2.04 bits per heavy atom. The van der Waals surface area contributed by atoms with E-state index < -0.39 is 0 Å². The molecule has 118 valence electrons. The molecular weight excluding hydrogens is 330 g/mol. The number of aryl methyl sites for hydroxylation is 2. The van der Waals surface area contributed by atoms with Gasteiger partial charge in [-0.25, -0.2) is 9.97 Å².